The van der Waals surface area contributed by atoms with E-state index >= 15 is 0 Å². The van der Waals surface area contributed by atoms with E-state index in [4.69, 9.17) is 4.52 Å². The van der Waals surface area contributed by atoms with E-state index in [-0.39, 0.29) is 11.8 Å². The van der Waals surface area contributed by atoms with Crippen LogP contribution in [-0.2, 0) is 0 Å². The van der Waals surface area contributed by atoms with E-state index < -0.39 is 0 Å². The summed E-state index contributed by atoms with van der Waals surface area (Å²) in [6, 6.07) is 1.75. The van der Waals surface area contributed by atoms with Gasteiger partial charge in [-0.25, -0.2) is 0 Å². The van der Waals surface area contributed by atoms with E-state index in [0.29, 0.717) is 11.6 Å². The summed E-state index contributed by atoms with van der Waals surface area (Å²) in [4.78, 5) is 13.7. The first kappa shape index (κ1) is 11.2. The average Bonchev–Trinajstić information content (AvgIpc) is 2.91. The van der Waals surface area contributed by atoms with E-state index in [9.17, 15) is 4.79 Å². The quantitative estimate of drug-likeness (QED) is 0.785. The molecule has 1 heterocycles. The lowest BCUT2D eigenvalue weighted by Gasteiger charge is -2.14. The van der Waals surface area contributed by atoms with Crippen molar-refractivity contribution < 1.29 is 9.32 Å². The van der Waals surface area contributed by atoms with Crippen LogP contribution in [0, 0.1) is 5.92 Å². The van der Waals surface area contributed by atoms with Gasteiger partial charge in [0.1, 0.15) is 5.76 Å². The third-order valence-electron chi connectivity index (χ3n) is 2.89. The van der Waals surface area contributed by atoms with Gasteiger partial charge in [0.15, 0.2) is 5.69 Å². The summed E-state index contributed by atoms with van der Waals surface area (Å²) in [5.74, 6) is 1.69. The van der Waals surface area contributed by atoms with Crippen LogP contribution in [0.15, 0.2) is 10.6 Å². The summed E-state index contributed by atoms with van der Waals surface area (Å²) in [5.41, 5.74) is 0.423. The Morgan fingerprint density at radius 3 is 2.81 bits per heavy atom. The maximum atomic E-state index is 11.9. The lowest BCUT2D eigenvalue weighted by Crippen LogP contribution is -2.28. The van der Waals surface area contributed by atoms with E-state index in [0.717, 1.165) is 12.3 Å². The smallest absolute Gasteiger partial charge is 0.275 e. The van der Waals surface area contributed by atoms with Crippen molar-refractivity contribution in [3.8, 4) is 0 Å². The van der Waals surface area contributed by atoms with Gasteiger partial charge in [0.25, 0.3) is 5.91 Å². The zero-order valence-electron chi connectivity index (χ0n) is 10.1. The predicted molar refractivity (Wildman–Crippen MR) is 60.3 cm³/mol. The predicted octanol–water partition coefficient (Wildman–Crippen LogP) is 2.28. The number of rotatable bonds is 4. The number of hydrogen-bond donors (Lipinski definition) is 0. The van der Waals surface area contributed by atoms with Crippen LogP contribution in [0.4, 0.5) is 0 Å². The normalized spacial score (nSPS) is 15.5. The van der Waals surface area contributed by atoms with Gasteiger partial charge in [-0.2, -0.15) is 0 Å². The van der Waals surface area contributed by atoms with Crippen LogP contribution in [0.3, 0.4) is 0 Å². The topological polar surface area (TPSA) is 46.3 Å². The van der Waals surface area contributed by atoms with Crippen molar-refractivity contribution in [2.45, 2.75) is 32.6 Å². The first-order valence-electron chi connectivity index (χ1n) is 5.80. The molecule has 1 aliphatic carbocycles. The number of amides is 1. The SMILES string of the molecule is CC(C)c1cc(C(=O)N(C)CC2CC2)no1. The highest BCUT2D eigenvalue weighted by molar-refractivity contribution is 5.92. The first-order valence-corrected chi connectivity index (χ1v) is 5.80. The molecule has 16 heavy (non-hydrogen) atoms. The van der Waals surface area contributed by atoms with Gasteiger partial charge in [-0.05, 0) is 18.8 Å². The summed E-state index contributed by atoms with van der Waals surface area (Å²) in [5, 5.41) is 3.82. The molecule has 0 spiro atoms. The summed E-state index contributed by atoms with van der Waals surface area (Å²) < 4.78 is 5.12. The molecule has 2 rings (SSSR count). The first-order chi connectivity index (χ1) is 7.58. The molecule has 0 saturated heterocycles. The molecule has 4 heteroatoms. The van der Waals surface area contributed by atoms with Gasteiger partial charge in [0, 0.05) is 25.6 Å². The molecule has 0 radical (unpaired) electrons. The molecule has 0 bridgehead atoms. The molecule has 0 N–H and O–H groups in total. The van der Waals surface area contributed by atoms with Crippen LogP contribution in [0.5, 0.6) is 0 Å². The molecule has 1 aliphatic rings. The van der Waals surface area contributed by atoms with Crippen LogP contribution in [0.2, 0.25) is 0 Å². The van der Waals surface area contributed by atoms with Crippen molar-refractivity contribution in [3.05, 3.63) is 17.5 Å². The van der Waals surface area contributed by atoms with Crippen LogP contribution in [0.1, 0.15) is 48.9 Å². The molecule has 1 amide bonds. The second-order valence-corrected chi connectivity index (χ2v) is 4.90. The Bertz CT molecular complexity index is 380. The Morgan fingerprint density at radius 1 is 1.62 bits per heavy atom. The fourth-order valence-electron chi connectivity index (χ4n) is 1.63. The fourth-order valence-corrected chi connectivity index (χ4v) is 1.63. The molecule has 1 aromatic rings. The van der Waals surface area contributed by atoms with Crippen LogP contribution >= 0.6 is 0 Å². The number of aromatic nitrogens is 1. The molecule has 4 nitrogen and oxygen atoms in total. The Kier molecular flexibility index (Phi) is 2.99. The molecule has 1 aromatic heterocycles. The van der Waals surface area contributed by atoms with Gasteiger partial charge in [0.2, 0.25) is 0 Å². The minimum absolute atomic E-state index is 0.0393. The number of nitrogens with zero attached hydrogens (tertiary/aromatic N) is 2. The van der Waals surface area contributed by atoms with Gasteiger partial charge in [-0.3, -0.25) is 4.79 Å². The Hall–Kier alpha value is -1.32. The standard InChI is InChI=1S/C12H18N2O2/c1-8(2)11-6-10(13-16-11)12(15)14(3)7-9-4-5-9/h6,8-9H,4-5,7H2,1-3H3. The van der Waals surface area contributed by atoms with Crippen LogP contribution in [-0.4, -0.2) is 29.6 Å². The summed E-state index contributed by atoms with van der Waals surface area (Å²) in [6.45, 7) is 4.87. The van der Waals surface area contributed by atoms with Crippen molar-refractivity contribution >= 4 is 5.91 Å². The van der Waals surface area contributed by atoms with Gasteiger partial charge in [0.05, 0.1) is 0 Å². The molecule has 0 unspecified atom stereocenters. The highest BCUT2D eigenvalue weighted by Crippen LogP contribution is 2.29. The molecular weight excluding hydrogens is 204 g/mol. The molecular formula is C12H18N2O2. The van der Waals surface area contributed by atoms with E-state index in [1.807, 2.05) is 20.9 Å². The van der Waals surface area contributed by atoms with Crippen molar-refractivity contribution in [2.24, 2.45) is 5.92 Å². The third-order valence-corrected chi connectivity index (χ3v) is 2.89. The van der Waals surface area contributed by atoms with Gasteiger partial charge < -0.3 is 9.42 Å². The number of carbonyl (C=O) groups is 1. The molecule has 1 fully saturated rings. The highest BCUT2D eigenvalue weighted by Gasteiger charge is 2.26. The maximum absolute atomic E-state index is 11.9. The van der Waals surface area contributed by atoms with Gasteiger partial charge in [-0.1, -0.05) is 19.0 Å². The summed E-state index contributed by atoms with van der Waals surface area (Å²) in [7, 11) is 1.82. The van der Waals surface area contributed by atoms with Gasteiger partial charge in [-0.15, -0.1) is 0 Å². The van der Waals surface area contributed by atoms with Crippen LogP contribution < -0.4 is 0 Å². The highest BCUT2D eigenvalue weighted by atomic mass is 16.5. The molecule has 88 valence electrons. The van der Waals surface area contributed by atoms with E-state index in [2.05, 4.69) is 5.16 Å². The van der Waals surface area contributed by atoms with Gasteiger partial charge >= 0.3 is 0 Å². The summed E-state index contributed by atoms with van der Waals surface area (Å²) in [6.07, 6.45) is 2.49. The summed E-state index contributed by atoms with van der Waals surface area (Å²) >= 11 is 0. The van der Waals surface area contributed by atoms with Crippen LogP contribution in [0.25, 0.3) is 0 Å². The monoisotopic (exact) mass is 222 g/mol. The molecule has 0 aliphatic heterocycles. The Labute approximate surface area is 95.6 Å². The van der Waals surface area contributed by atoms with E-state index in [1.54, 1.807) is 11.0 Å². The van der Waals surface area contributed by atoms with E-state index in [1.165, 1.54) is 12.8 Å². The molecule has 1 saturated carbocycles. The lowest BCUT2D eigenvalue weighted by atomic mass is 10.1. The zero-order chi connectivity index (χ0) is 11.7. The zero-order valence-corrected chi connectivity index (χ0v) is 10.1. The third kappa shape index (κ3) is 2.43. The van der Waals surface area contributed by atoms with Crippen molar-refractivity contribution in [2.75, 3.05) is 13.6 Å². The minimum Gasteiger partial charge on any atom is -0.360 e. The number of carbonyl (C=O) groups excluding carboxylic acids is 1. The van der Waals surface area contributed by atoms with Crippen molar-refractivity contribution in [3.63, 3.8) is 0 Å². The van der Waals surface area contributed by atoms with Crippen molar-refractivity contribution in [1.29, 1.82) is 0 Å². The minimum atomic E-state index is -0.0393. The largest absolute Gasteiger partial charge is 0.360 e. The second kappa shape index (κ2) is 4.28. The lowest BCUT2D eigenvalue weighted by molar-refractivity contribution is 0.0778. The molecule has 0 atom stereocenters. The number of hydrogen-bond acceptors (Lipinski definition) is 3. The second-order valence-electron chi connectivity index (χ2n) is 4.90. The fraction of sp³-hybridized carbons (Fsp3) is 0.667. The Morgan fingerprint density at radius 2 is 2.31 bits per heavy atom. The molecule has 0 aromatic carbocycles. The Balaban J connectivity index is 2.01. The maximum Gasteiger partial charge on any atom is 0.275 e. The van der Waals surface area contributed by atoms with Crippen molar-refractivity contribution in [1.82, 2.24) is 10.1 Å². The average molecular weight is 222 g/mol.